The number of hydrogen-bond donors (Lipinski definition) is 1. The Bertz CT molecular complexity index is 1110. The van der Waals surface area contributed by atoms with Crippen molar-refractivity contribution in [1.29, 1.82) is 0 Å². The zero-order valence-corrected chi connectivity index (χ0v) is 21.6. The number of aromatic carboxylic acids is 1. The summed E-state index contributed by atoms with van der Waals surface area (Å²) in [5.74, 6) is -1.89. The van der Waals surface area contributed by atoms with Gasteiger partial charge >= 0.3 is 17.9 Å². The van der Waals surface area contributed by atoms with Gasteiger partial charge in [-0.1, -0.05) is 71.3 Å². The number of hydrogen-bond acceptors (Lipinski definition) is 5. The highest BCUT2D eigenvalue weighted by atomic mass is 16.5. The summed E-state index contributed by atoms with van der Waals surface area (Å²) in [7, 11) is 0. The maximum Gasteiger partial charge on any atom is 0.338 e. The molecule has 0 heterocycles. The molecule has 0 spiro atoms. The standard InChI is InChI=1S/C30H38O6/c1-3-5-7-9-11-15-35-29(33)24-19-22-18-23(28(31)32)17-21-13-14-25(26(20-24)27(21)22)30(34)36-16-12-10-8-6-4-2/h13-14,17-18,20H,3-12,15-16,19H2,1-2H3,(H,31,32). The molecule has 0 atom stereocenters. The van der Waals surface area contributed by atoms with E-state index in [9.17, 15) is 19.5 Å². The van der Waals surface area contributed by atoms with Crippen LogP contribution in [-0.4, -0.2) is 36.2 Å². The lowest BCUT2D eigenvalue weighted by Gasteiger charge is -2.20. The fraction of sp³-hybridized carbons (Fsp3) is 0.500. The predicted molar refractivity (Wildman–Crippen MR) is 141 cm³/mol. The summed E-state index contributed by atoms with van der Waals surface area (Å²) in [6.07, 6.45) is 12.5. The quantitative estimate of drug-likeness (QED) is 0.209. The summed E-state index contributed by atoms with van der Waals surface area (Å²) >= 11 is 0. The van der Waals surface area contributed by atoms with E-state index >= 15 is 0 Å². The van der Waals surface area contributed by atoms with E-state index < -0.39 is 17.9 Å². The van der Waals surface area contributed by atoms with E-state index in [0.29, 0.717) is 35.5 Å². The first-order valence-corrected chi connectivity index (χ1v) is 13.3. The van der Waals surface area contributed by atoms with E-state index in [1.807, 2.05) is 0 Å². The van der Waals surface area contributed by atoms with Crippen molar-refractivity contribution < 1.29 is 29.0 Å². The largest absolute Gasteiger partial charge is 0.478 e. The molecule has 0 aromatic heterocycles. The van der Waals surface area contributed by atoms with Crippen LogP contribution in [0.4, 0.5) is 0 Å². The molecule has 36 heavy (non-hydrogen) atoms. The molecule has 0 amide bonds. The first kappa shape index (κ1) is 27.4. The van der Waals surface area contributed by atoms with E-state index in [0.717, 1.165) is 62.1 Å². The lowest BCUT2D eigenvalue weighted by Crippen LogP contribution is -2.16. The highest BCUT2D eigenvalue weighted by molar-refractivity contribution is 6.10. The van der Waals surface area contributed by atoms with Gasteiger partial charge in [0.1, 0.15) is 0 Å². The maximum atomic E-state index is 13.0. The van der Waals surface area contributed by atoms with Gasteiger partial charge in [-0.15, -0.1) is 0 Å². The minimum atomic E-state index is -1.04. The second-order valence-electron chi connectivity index (χ2n) is 9.51. The molecule has 3 rings (SSSR count). The van der Waals surface area contributed by atoms with E-state index in [-0.39, 0.29) is 12.0 Å². The molecular formula is C30H38O6. The number of carbonyl (C=O) groups is 3. The Morgan fingerprint density at radius 1 is 0.806 bits per heavy atom. The van der Waals surface area contributed by atoms with Gasteiger partial charge in [0, 0.05) is 12.0 Å². The fourth-order valence-corrected chi connectivity index (χ4v) is 4.65. The molecule has 2 aromatic carbocycles. The molecule has 1 aliphatic carbocycles. The molecule has 2 aromatic rings. The molecule has 194 valence electrons. The van der Waals surface area contributed by atoms with Gasteiger partial charge in [-0.05, 0) is 59.0 Å². The van der Waals surface area contributed by atoms with Crippen molar-refractivity contribution in [3.63, 3.8) is 0 Å². The third-order valence-corrected chi connectivity index (χ3v) is 6.63. The zero-order valence-electron chi connectivity index (χ0n) is 21.6. The molecule has 0 bridgehead atoms. The SMILES string of the molecule is CCCCCCCOC(=O)C1=Cc2c(C(=O)OCCCCCCC)ccc3cc(C(=O)O)cc(c23)C1. The summed E-state index contributed by atoms with van der Waals surface area (Å²) in [6, 6.07) is 6.59. The average Bonchev–Trinajstić information content (AvgIpc) is 2.87. The Morgan fingerprint density at radius 3 is 2.03 bits per heavy atom. The molecular weight excluding hydrogens is 456 g/mol. The topological polar surface area (TPSA) is 89.9 Å². The molecule has 0 saturated carbocycles. The highest BCUT2D eigenvalue weighted by Gasteiger charge is 2.25. The van der Waals surface area contributed by atoms with Crippen LogP contribution in [0.2, 0.25) is 0 Å². The van der Waals surface area contributed by atoms with Crippen LogP contribution in [0, 0.1) is 0 Å². The smallest absolute Gasteiger partial charge is 0.338 e. The first-order chi connectivity index (χ1) is 17.5. The molecule has 0 fully saturated rings. The van der Waals surface area contributed by atoms with Crippen LogP contribution in [0.3, 0.4) is 0 Å². The number of benzene rings is 2. The molecule has 6 heteroatoms. The summed E-state index contributed by atoms with van der Waals surface area (Å²) in [5.41, 5.74) is 2.24. The summed E-state index contributed by atoms with van der Waals surface area (Å²) < 4.78 is 11.1. The average molecular weight is 495 g/mol. The van der Waals surface area contributed by atoms with Crippen molar-refractivity contribution in [1.82, 2.24) is 0 Å². The second kappa shape index (κ2) is 13.8. The minimum Gasteiger partial charge on any atom is -0.478 e. The number of esters is 2. The Hall–Kier alpha value is -3.15. The third kappa shape index (κ3) is 7.19. The Morgan fingerprint density at radius 2 is 1.42 bits per heavy atom. The number of carboxylic acid groups (broad SMARTS) is 1. The van der Waals surface area contributed by atoms with Gasteiger partial charge in [0.2, 0.25) is 0 Å². The van der Waals surface area contributed by atoms with E-state index in [2.05, 4.69) is 13.8 Å². The van der Waals surface area contributed by atoms with Crippen molar-refractivity contribution in [3.8, 4) is 0 Å². The Labute approximate surface area is 213 Å². The minimum absolute atomic E-state index is 0.149. The van der Waals surface area contributed by atoms with Gasteiger partial charge in [0.25, 0.3) is 0 Å². The normalized spacial score (nSPS) is 12.3. The fourth-order valence-electron chi connectivity index (χ4n) is 4.65. The molecule has 0 saturated heterocycles. The van der Waals surface area contributed by atoms with Gasteiger partial charge in [0.05, 0.1) is 24.3 Å². The summed E-state index contributed by atoms with van der Waals surface area (Å²) in [4.78, 5) is 37.6. The van der Waals surface area contributed by atoms with Crippen LogP contribution in [0.1, 0.15) is 110 Å². The van der Waals surface area contributed by atoms with Crippen LogP contribution in [0.5, 0.6) is 0 Å². The summed E-state index contributed by atoms with van der Waals surface area (Å²) in [5, 5.41) is 11.1. The Balaban J connectivity index is 1.82. The van der Waals surface area contributed by atoms with Gasteiger partial charge in [-0.2, -0.15) is 0 Å². The molecule has 0 aliphatic heterocycles. The monoisotopic (exact) mass is 494 g/mol. The van der Waals surface area contributed by atoms with Crippen LogP contribution in [0.25, 0.3) is 16.8 Å². The predicted octanol–water partition coefficient (Wildman–Crippen LogP) is 7.12. The second-order valence-corrected chi connectivity index (χ2v) is 9.51. The van der Waals surface area contributed by atoms with Gasteiger partial charge in [0.15, 0.2) is 0 Å². The number of carboxylic acids is 1. The van der Waals surface area contributed by atoms with Gasteiger partial charge in [-0.25, -0.2) is 14.4 Å². The molecule has 1 aliphatic rings. The van der Waals surface area contributed by atoms with Crippen molar-refractivity contribution in [2.75, 3.05) is 13.2 Å². The van der Waals surface area contributed by atoms with Crippen molar-refractivity contribution in [2.24, 2.45) is 0 Å². The lowest BCUT2D eigenvalue weighted by molar-refractivity contribution is -0.139. The van der Waals surface area contributed by atoms with Crippen LogP contribution in [-0.2, 0) is 20.7 Å². The van der Waals surface area contributed by atoms with Crippen molar-refractivity contribution in [2.45, 2.75) is 84.5 Å². The van der Waals surface area contributed by atoms with E-state index in [4.69, 9.17) is 9.47 Å². The van der Waals surface area contributed by atoms with E-state index in [1.54, 1.807) is 30.3 Å². The zero-order chi connectivity index (χ0) is 25.9. The highest BCUT2D eigenvalue weighted by Crippen LogP contribution is 2.35. The van der Waals surface area contributed by atoms with Gasteiger partial charge in [-0.3, -0.25) is 0 Å². The van der Waals surface area contributed by atoms with Crippen molar-refractivity contribution in [3.05, 3.63) is 52.1 Å². The Kier molecular flexibility index (Phi) is 10.5. The molecule has 0 radical (unpaired) electrons. The van der Waals surface area contributed by atoms with Crippen LogP contribution < -0.4 is 0 Å². The molecule has 0 unspecified atom stereocenters. The number of carbonyl (C=O) groups excluding carboxylic acids is 2. The summed E-state index contributed by atoms with van der Waals surface area (Å²) in [6.45, 7) is 5.01. The third-order valence-electron chi connectivity index (χ3n) is 6.63. The number of ether oxygens (including phenoxy) is 2. The van der Waals surface area contributed by atoms with Crippen molar-refractivity contribution >= 4 is 34.8 Å². The molecule has 1 N–H and O–H groups in total. The van der Waals surface area contributed by atoms with Crippen LogP contribution >= 0.6 is 0 Å². The van der Waals surface area contributed by atoms with Crippen LogP contribution in [0.15, 0.2) is 29.8 Å². The van der Waals surface area contributed by atoms with E-state index in [1.165, 1.54) is 12.8 Å². The number of unbranched alkanes of at least 4 members (excludes halogenated alkanes) is 8. The lowest BCUT2D eigenvalue weighted by atomic mass is 9.85. The maximum absolute atomic E-state index is 13.0. The van der Waals surface area contributed by atoms with Gasteiger partial charge < -0.3 is 14.6 Å². The molecule has 6 nitrogen and oxygen atoms in total. The number of rotatable bonds is 15. The first-order valence-electron chi connectivity index (χ1n) is 13.3.